The smallest absolute Gasteiger partial charge is 0.274 e. The average molecular weight is 420 g/mol. The zero-order chi connectivity index (χ0) is 21.5. The van der Waals surface area contributed by atoms with Crippen LogP contribution in [-0.2, 0) is 7.05 Å². The highest BCUT2D eigenvalue weighted by atomic mass is 19.1. The van der Waals surface area contributed by atoms with Crippen molar-refractivity contribution in [2.24, 2.45) is 7.05 Å². The summed E-state index contributed by atoms with van der Waals surface area (Å²) < 4.78 is 16.0. The summed E-state index contributed by atoms with van der Waals surface area (Å²) in [6.07, 6.45) is 5.31. The number of rotatable bonds is 4. The molecule has 1 saturated heterocycles. The summed E-state index contributed by atoms with van der Waals surface area (Å²) in [6, 6.07) is 7.00. The molecule has 0 unspecified atom stereocenters. The van der Waals surface area contributed by atoms with Crippen LogP contribution >= 0.6 is 0 Å². The summed E-state index contributed by atoms with van der Waals surface area (Å²) in [7, 11) is 1.57. The van der Waals surface area contributed by atoms with Crippen LogP contribution in [0.4, 0.5) is 10.1 Å². The fraction of sp³-hybridized carbons (Fsp3) is 0.200. The number of nitrogens with zero attached hydrogens (tertiary/aromatic N) is 7. The highest BCUT2D eigenvalue weighted by molar-refractivity contribution is 6.11. The van der Waals surface area contributed by atoms with Crippen LogP contribution in [0.25, 0.3) is 17.0 Å². The van der Waals surface area contributed by atoms with Crippen LogP contribution in [0.2, 0.25) is 0 Å². The number of carbonyl (C=O) groups excluding carboxylic acids is 2. The predicted molar refractivity (Wildman–Crippen MR) is 108 cm³/mol. The Morgan fingerprint density at radius 1 is 1.23 bits per heavy atom. The summed E-state index contributed by atoms with van der Waals surface area (Å²) in [6.45, 7) is 0.0508. The van der Waals surface area contributed by atoms with E-state index < -0.39 is 18.0 Å². The third-order valence-corrected chi connectivity index (χ3v) is 5.02. The number of aryl methyl sites for hydroxylation is 1. The summed E-state index contributed by atoms with van der Waals surface area (Å²) in [5, 5.41) is 11.2. The van der Waals surface area contributed by atoms with Crippen LogP contribution in [0.1, 0.15) is 20.8 Å². The number of aromatic nitrogens is 6. The van der Waals surface area contributed by atoms with Gasteiger partial charge in [-0.3, -0.25) is 19.3 Å². The van der Waals surface area contributed by atoms with E-state index in [-0.39, 0.29) is 24.3 Å². The van der Waals surface area contributed by atoms with Gasteiger partial charge in [-0.15, -0.1) is 5.10 Å². The van der Waals surface area contributed by atoms with E-state index in [1.165, 1.54) is 15.8 Å². The Kier molecular flexibility index (Phi) is 4.42. The van der Waals surface area contributed by atoms with Crippen LogP contribution < -0.4 is 5.32 Å². The van der Waals surface area contributed by atoms with Gasteiger partial charge in [0.05, 0.1) is 24.8 Å². The monoisotopic (exact) mass is 420 g/mol. The molecule has 0 aliphatic carbocycles. The molecule has 1 N–H and O–H groups in total. The SMILES string of the molecule is Cn1ncc(C(=O)N2CC(F)C2)c1C(=O)Nc1ccn2nc(-c3cccnc3)nc2c1. The zero-order valence-corrected chi connectivity index (χ0v) is 16.4. The molecule has 156 valence electrons. The van der Waals surface area contributed by atoms with Gasteiger partial charge >= 0.3 is 0 Å². The molecule has 0 aromatic carbocycles. The summed E-state index contributed by atoms with van der Waals surface area (Å²) in [5.74, 6) is -0.407. The van der Waals surface area contributed by atoms with Crippen LogP contribution in [-0.4, -0.2) is 65.3 Å². The number of anilines is 1. The molecular weight excluding hydrogens is 403 g/mol. The van der Waals surface area contributed by atoms with Gasteiger partial charge < -0.3 is 10.2 Å². The molecule has 4 aromatic heterocycles. The second-order valence-corrected chi connectivity index (χ2v) is 7.19. The topological polar surface area (TPSA) is 110 Å². The molecular formula is C20H17FN8O2. The molecule has 0 radical (unpaired) electrons. The van der Waals surface area contributed by atoms with Crippen molar-refractivity contribution in [1.29, 1.82) is 0 Å². The van der Waals surface area contributed by atoms with Gasteiger partial charge in [0, 0.05) is 43.0 Å². The number of carbonyl (C=O) groups is 2. The minimum atomic E-state index is -1.02. The van der Waals surface area contributed by atoms with Crippen molar-refractivity contribution in [3.05, 3.63) is 60.3 Å². The van der Waals surface area contributed by atoms with Crippen LogP contribution in [0.3, 0.4) is 0 Å². The van der Waals surface area contributed by atoms with Crippen molar-refractivity contribution in [2.45, 2.75) is 6.17 Å². The van der Waals surface area contributed by atoms with Gasteiger partial charge in [-0.05, 0) is 18.2 Å². The minimum absolute atomic E-state index is 0.0254. The Balaban J connectivity index is 1.39. The number of pyridine rings is 2. The second-order valence-electron chi connectivity index (χ2n) is 7.19. The van der Waals surface area contributed by atoms with Gasteiger partial charge in [-0.25, -0.2) is 13.9 Å². The first-order valence-corrected chi connectivity index (χ1v) is 9.53. The molecule has 5 heterocycles. The third-order valence-electron chi connectivity index (χ3n) is 5.02. The lowest BCUT2D eigenvalue weighted by Crippen LogP contribution is -2.51. The van der Waals surface area contributed by atoms with Crippen molar-refractivity contribution in [3.63, 3.8) is 0 Å². The third kappa shape index (κ3) is 3.39. The van der Waals surface area contributed by atoms with Gasteiger partial charge in [0.1, 0.15) is 11.9 Å². The molecule has 0 saturated carbocycles. The first-order chi connectivity index (χ1) is 15.0. The Bertz CT molecular complexity index is 1290. The van der Waals surface area contributed by atoms with Crippen molar-refractivity contribution in [1.82, 2.24) is 34.3 Å². The van der Waals surface area contributed by atoms with E-state index in [0.717, 1.165) is 5.56 Å². The highest BCUT2D eigenvalue weighted by Gasteiger charge is 2.34. The van der Waals surface area contributed by atoms with Crippen molar-refractivity contribution in [3.8, 4) is 11.4 Å². The number of nitrogens with one attached hydrogen (secondary N) is 1. The summed E-state index contributed by atoms with van der Waals surface area (Å²) in [4.78, 5) is 35.4. The Hall–Kier alpha value is -4.15. The van der Waals surface area contributed by atoms with E-state index >= 15 is 0 Å². The van der Waals surface area contributed by atoms with E-state index in [2.05, 4.69) is 25.5 Å². The number of likely N-dealkylation sites (tertiary alicyclic amines) is 1. The number of hydrogen-bond donors (Lipinski definition) is 1. The molecule has 4 aromatic rings. The molecule has 1 aliphatic rings. The summed E-state index contributed by atoms with van der Waals surface area (Å²) >= 11 is 0. The molecule has 0 spiro atoms. The fourth-order valence-electron chi connectivity index (χ4n) is 3.39. The average Bonchev–Trinajstić information content (AvgIpc) is 3.35. The van der Waals surface area contributed by atoms with E-state index in [4.69, 9.17) is 0 Å². The normalized spacial score (nSPS) is 13.9. The van der Waals surface area contributed by atoms with Crippen molar-refractivity contribution in [2.75, 3.05) is 18.4 Å². The van der Waals surface area contributed by atoms with E-state index in [0.29, 0.717) is 17.2 Å². The van der Waals surface area contributed by atoms with Crippen LogP contribution in [0, 0.1) is 0 Å². The van der Waals surface area contributed by atoms with E-state index in [1.54, 1.807) is 48.4 Å². The summed E-state index contributed by atoms with van der Waals surface area (Å²) in [5.41, 5.74) is 2.03. The molecule has 5 rings (SSSR count). The molecule has 0 atom stereocenters. The fourth-order valence-corrected chi connectivity index (χ4v) is 3.39. The maximum Gasteiger partial charge on any atom is 0.274 e. The number of fused-ring (bicyclic) bond motifs is 1. The van der Waals surface area contributed by atoms with Gasteiger partial charge in [0.25, 0.3) is 11.8 Å². The molecule has 1 aliphatic heterocycles. The lowest BCUT2D eigenvalue weighted by molar-refractivity contribution is 0.0398. The molecule has 0 bridgehead atoms. The molecule has 31 heavy (non-hydrogen) atoms. The molecule has 2 amide bonds. The largest absolute Gasteiger partial charge is 0.333 e. The Labute approximate surface area is 175 Å². The zero-order valence-electron chi connectivity index (χ0n) is 16.4. The van der Waals surface area contributed by atoms with E-state index in [1.807, 2.05) is 6.07 Å². The highest BCUT2D eigenvalue weighted by Crippen LogP contribution is 2.20. The lowest BCUT2D eigenvalue weighted by Gasteiger charge is -2.34. The number of hydrogen-bond acceptors (Lipinski definition) is 6. The number of alkyl halides is 1. The Morgan fingerprint density at radius 2 is 2.06 bits per heavy atom. The van der Waals surface area contributed by atoms with Gasteiger partial charge in [0.15, 0.2) is 11.5 Å². The number of halogens is 1. The van der Waals surface area contributed by atoms with Crippen molar-refractivity contribution < 1.29 is 14.0 Å². The number of amides is 2. The van der Waals surface area contributed by atoms with Gasteiger partial charge in [-0.1, -0.05) is 0 Å². The van der Waals surface area contributed by atoms with Crippen LogP contribution in [0.5, 0.6) is 0 Å². The van der Waals surface area contributed by atoms with Crippen LogP contribution in [0.15, 0.2) is 49.1 Å². The minimum Gasteiger partial charge on any atom is -0.333 e. The second kappa shape index (κ2) is 7.27. The molecule has 10 nitrogen and oxygen atoms in total. The van der Waals surface area contributed by atoms with Gasteiger partial charge in [-0.2, -0.15) is 5.10 Å². The van der Waals surface area contributed by atoms with Gasteiger partial charge in [0.2, 0.25) is 0 Å². The lowest BCUT2D eigenvalue weighted by atomic mass is 10.1. The predicted octanol–water partition coefficient (Wildman–Crippen LogP) is 1.57. The molecule has 11 heteroatoms. The van der Waals surface area contributed by atoms with Crippen molar-refractivity contribution >= 4 is 23.1 Å². The van der Waals surface area contributed by atoms with E-state index in [9.17, 15) is 14.0 Å². The maximum absolute atomic E-state index is 13.1. The molecule has 1 fully saturated rings. The quantitative estimate of drug-likeness (QED) is 0.537. The standard InChI is InChI=1S/C20H17FN8O2/c1-27-17(15(9-23-27)20(31)28-10-13(21)11-28)19(30)24-14-4-6-29-16(7-14)25-18(26-29)12-3-2-5-22-8-12/h2-9,13H,10-11H2,1H3,(H,24,30). The maximum atomic E-state index is 13.1. The first-order valence-electron chi connectivity index (χ1n) is 9.53. The first kappa shape index (κ1) is 18.9. The Morgan fingerprint density at radius 3 is 2.81 bits per heavy atom.